The highest BCUT2D eigenvalue weighted by Gasteiger charge is 2.20. The Hall–Kier alpha value is -2.18. The number of carbonyl (C=O) groups is 1. The lowest BCUT2D eigenvalue weighted by atomic mass is 10.2. The first-order valence-electron chi connectivity index (χ1n) is 7.08. The third-order valence-electron chi connectivity index (χ3n) is 3.34. The maximum Gasteiger partial charge on any atom is 0.257 e. The smallest absolute Gasteiger partial charge is 0.257 e. The molecule has 1 aliphatic heterocycles. The minimum Gasteiger partial charge on any atom is -0.471 e. The van der Waals surface area contributed by atoms with Crippen LogP contribution in [0.25, 0.3) is 0 Å². The van der Waals surface area contributed by atoms with Crippen LogP contribution in [0.5, 0.6) is 5.88 Å². The van der Waals surface area contributed by atoms with Crippen molar-refractivity contribution in [3.63, 3.8) is 0 Å². The summed E-state index contributed by atoms with van der Waals surface area (Å²) in [6.45, 7) is 1.16. The summed E-state index contributed by atoms with van der Waals surface area (Å²) >= 11 is 6.12. The van der Waals surface area contributed by atoms with Crippen molar-refractivity contribution in [1.82, 2.24) is 4.98 Å². The first-order chi connectivity index (χ1) is 11.1. The molecule has 7 heteroatoms. The average molecular weight is 337 g/mol. The minimum atomic E-state index is -0.387. The third-order valence-corrected chi connectivity index (χ3v) is 3.61. The Bertz CT molecular complexity index is 703. The zero-order valence-electron chi connectivity index (χ0n) is 12.1. The number of rotatable bonds is 4. The number of benzene rings is 1. The Morgan fingerprint density at radius 1 is 1.39 bits per heavy atom. The first kappa shape index (κ1) is 15.7. The second kappa shape index (κ2) is 6.93. The van der Waals surface area contributed by atoms with E-state index in [0.717, 1.165) is 6.42 Å². The molecule has 0 aliphatic carbocycles. The molecule has 2 aromatic rings. The second-order valence-corrected chi connectivity index (χ2v) is 5.48. The zero-order chi connectivity index (χ0) is 16.2. The van der Waals surface area contributed by atoms with Crippen LogP contribution in [0.1, 0.15) is 16.8 Å². The van der Waals surface area contributed by atoms with E-state index < -0.39 is 0 Å². The van der Waals surface area contributed by atoms with Gasteiger partial charge in [0.1, 0.15) is 16.9 Å². The summed E-state index contributed by atoms with van der Waals surface area (Å²) in [4.78, 5) is 16.2. The van der Waals surface area contributed by atoms with Gasteiger partial charge >= 0.3 is 0 Å². The van der Waals surface area contributed by atoms with Crippen molar-refractivity contribution in [2.45, 2.75) is 12.5 Å². The zero-order valence-corrected chi connectivity index (χ0v) is 12.8. The van der Waals surface area contributed by atoms with E-state index in [-0.39, 0.29) is 34.3 Å². The van der Waals surface area contributed by atoms with E-state index in [9.17, 15) is 9.18 Å². The monoisotopic (exact) mass is 336 g/mol. The molecule has 0 bridgehead atoms. The van der Waals surface area contributed by atoms with Crippen LogP contribution in [0.15, 0.2) is 36.5 Å². The van der Waals surface area contributed by atoms with Gasteiger partial charge in [-0.05, 0) is 30.3 Å². The molecule has 1 aliphatic rings. The summed E-state index contributed by atoms with van der Waals surface area (Å²) in [7, 11) is 0. The maximum atomic E-state index is 12.8. The van der Waals surface area contributed by atoms with E-state index in [0.29, 0.717) is 18.9 Å². The largest absolute Gasteiger partial charge is 0.471 e. The van der Waals surface area contributed by atoms with Crippen LogP contribution in [0.3, 0.4) is 0 Å². The Morgan fingerprint density at radius 3 is 2.83 bits per heavy atom. The molecule has 1 aromatic carbocycles. The molecule has 0 spiro atoms. The van der Waals surface area contributed by atoms with Gasteiger partial charge in [0.25, 0.3) is 5.91 Å². The first-order valence-corrected chi connectivity index (χ1v) is 7.46. The number of pyridine rings is 1. The number of hydrogen-bond donors (Lipinski definition) is 1. The number of amides is 1. The average Bonchev–Trinajstić information content (AvgIpc) is 3.04. The number of nitrogens with zero attached hydrogens (tertiary/aromatic N) is 1. The van der Waals surface area contributed by atoms with Crippen molar-refractivity contribution in [3.05, 3.63) is 52.9 Å². The van der Waals surface area contributed by atoms with Gasteiger partial charge in [-0.2, -0.15) is 0 Å². The van der Waals surface area contributed by atoms with Gasteiger partial charge in [0.05, 0.1) is 18.8 Å². The molecule has 1 atom stereocenters. The number of nitrogens with one attached hydrogen (secondary N) is 1. The molecule has 120 valence electrons. The van der Waals surface area contributed by atoms with Gasteiger partial charge in [0.15, 0.2) is 0 Å². The van der Waals surface area contributed by atoms with Gasteiger partial charge in [0.2, 0.25) is 5.88 Å². The van der Waals surface area contributed by atoms with E-state index in [1.807, 2.05) is 0 Å². The van der Waals surface area contributed by atoms with Crippen molar-refractivity contribution in [2.24, 2.45) is 0 Å². The number of carbonyl (C=O) groups excluding carboxylic acids is 1. The van der Waals surface area contributed by atoms with Crippen LogP contribution in [0.4, 0.5) is 10.1 Å². The van der Waals surface area contributed by atoms with Crippen LogP contribution in [0, 0.1) is 5.82 Å². The fraction of sp³-hybridized carbons (Fsp3) is 0.250. The summed E-state index contributed by atoms with van der Waals surface area (Å²) in [6.07, 6.45) is 2.10. The van der Waals surface area contributed by atoms with Crippen molar-refractivity contribution >= 4 is 23.2 Å². The Morgan fingerprint density at radius 2 is 2.17 bits per heavy atom. The standard InChI is InChI=1S/C16H14ClFN2O3/c17-14-7-10(8-19-16(14)23-13-5-6-22-9-13)15(21)20-12-3-1-11(18)2-4-12/h1-4,7-8,13H,5-6,9H2,(H,20,21). The SMILES string of the molecule is O=C(Nc1ccc(F)cc1)c1cnc(OC2CCOC2)c(Cl)c1. The fourth-order valence-corrected chi connectivity index (χ4v) is 2.35. The molecule has 0 saturated carbocycles. The van der Waals surface area contributed by atoms with E-state index in [4.69, 9.17) is 21.1 Å². The molecule has 1 N–H and O–H groups in total. The van der Waals surface area contributed by atoms with Gasteiger partial charge in [-0.3, -0.25) is 4.79 Å². The molecule has 2 heterocycles. The number of ether oxygens (including phenoxy) is 2. The van der Waals surface area contributed by atoms with E-state index in [1.165, 1.54) is 36.5 Å². The second-order valence-electron chi connectivity index (χ2n) is 5.08. The van der Waals surface area contributed by atoms with Gasteiger partial charge in [-0.25, -0.2) is 9.37 Å². The minimum absolute atomic E-state index is 0.0705. The normalized spacial score (nSPS) is 17.0. The van der Waals surface area contributed by atoms with Crippen molar-refractivity contribution in [2.75, 3.05) is 18.5 Å². The third kappa shape index (κ3) is 3.97. The fourth-order valence-electron chi connectivity index (χ4n) is 2.14. The number of hydrogen-bond acceptors (Lipinski definition) is 4. The van der Waals surface area contributed by atoms with Crippen LogP contribution in [0.2, 0.25) is 5.02 Å². The Balaban J connectivity index is 1.68. The summed E-state index contributed by atoms with van der Waals surface area (Å²) < 4.78 is 23.7. The number of anilines is 1. The molecule has 0 radical (unpaired) electrons. The summed E-state index contributed by atoms with van der Waals surface area (Å²) in [5.74, 6) is -0.479. The topological polar surface area (TPSA) is 60.5 Å². The molecule has 1 amide bonds. The Labute approximate surface area is 137 Å². The van der Waals surface area contributed by atoms with Crippen molar-refractivity contribution < 1.29 is 18.7 Å². The molecule has 3 rings (SSSR count). The van der Waals surface area contributed by atoms with Crippen molar-refractivity contribution in [3.8, 4) is 5.88 Å². The number of aromatic nitrogens is 1. The lowest BCUT2D eigenvalue weighted by molar-refractivity contribution is 0.102. The maximum absolute atomic E-state index is 12.8. The molecule has 1 aromatic heterocycles. The summed E-state index contributed by atoms with van der Waals surface area (Å²) in [5, 5.41) is 2.89. The Kier molecular flexibility index (Phi) is 4.73. The lowest BCUT2D eigenvalue weighted by Gasteiger charge is -2.12. The van der Waals surface area contributed by atoms with Crippen molar-refractivity contribution in [1.29, 1.82) is 0 Å². The molecule has 23 heavy (non-hydrogen) atoms. The molecular weight excluding hydrogens is 323 g/mol. The van der Waals surface area contributed by atoms with Crippen LogP contribution < -0.4 is 10.1 Å². The highest BCUT2D eigenvalue weighted by atomic mass is 35.5. The van der Waals surface area contributed by atoms with Gasteiger partial charge in [-0.1, -0.05) is 11.6 Å². The van der Waals surface area contributed by atoms with E-state index >= 15 is 0 Å². The van der Waals surface area contributed by atoms with E-state index in [1.54, 1.807) is 0 Å². The molecule has 1 fully saturated rings. The lowest BCUT2D eigenvalue weighted by Crippen LogP contribution is -2.17. The van der Waals surface area contributed by atoms with Crippen LogP contribution in [-0.2, 0) is 4.74 Å². The summed E-state index contributed by atoms with van der Waals surface area (Å²) in [5.41, 5.74) is 0.769. The molecular formula is C16H14ClFN2O3. The molecule has 1 saturated heterocycles. The van der Waals surface area contributed by atoms with Crippen LogP contribution >= 0.6 is 11.6 Å². The predicted octanol–water partition coefficient (Wildman–Crippen LogP) is 3.29. The van der Waals surface area contributed by atoms with Gasteiger partial charge in [-0.15, -0.1) is 0 Å². The number of halogens is 2. The molecule has 1 unspecified atom stereocenters. The van der Waals surface area contributed by atoms with Gasteiger partial charge in [0, 0.05) is 18.3 Å². The highest BCUT2D eigenvalue weighted by molar-refractivity contribution is 6.32. The highest BCUT2D eigenvalue weighted by Crippen LogP contribution is 2.25. The molecule has 5 nitrogen and oxygen atoms in total. The quantitative estimate of drug-likeness (QED) is 0.930. The predicted molar refractivity (Wildman–Crippen MR) is 83.5 cm³/mol. The summed E-state index contributed by atoms with van der Waals surface area (Å²) in [6, 6.07) is 6.96. The van der Waals surface area contributed by atoms with Crippen LogP contribution in [-0.4, -0.2) is 30.2 Å². The van der Waals surface area contributed by atoms with E-state index in [2.05, 4.69) is 10.3 Å². The van der Waals surface area contributed by atoms with Gasteiger partial charge < -0.3 is 14.8 Å².